The quantitative estimate of drug-likeness (QED) is 0.620. The summed E-state index contributed by atoms with van der Waals surface area (Å²) < 4.78 is 5.77. The molecule has 1 unspecified atom stereocenters. The van der Waals surface area contributed by atoms with Crippen LogP contribution in [-0.4, -0.2) is 47.0 Å². The molecule has 176 valence electrons. The number of allylic oxidation sites excluding steroid dienone is 2. The highest BCUT2D eigenvalue weighted by molar-refractivity contribution is 6.02. The largest absolute Gasteiger partial charge is 0.512 e. The van der Waals surface area contributed by atoms with Gasteiger partial charge in [0, 0.05) is 37.8 Å². The van der Waals surface area contributed by atoms with E-state index in [-0.39, 0.29) is 29.7 Å². The maximum Gasteiger partial charge on any atom is 0.274 e. The van der Waals surface area contributed by atoms with Gasteiger partial charge in [0.15, 0.2) is 11.5 Å². The van der Waals surface area contributed by atoms with E-state index in [9.17, 15) is 15.0 Å². The van der Waals surface area contributed by atoms with Gasteiger partial charge in [-0.2, -0.15) is 0 Å². The first kappa shape index (κ1) is 23.1. The fourth-order valence-electron chi connectivity index (χ4n) is 4.78. The van der Waals surface area contributed by atoms with Crippen molar-refractivity contribution in [2.75, 3.05) is 25.0 Å². The Bertz CT molecular complexity index is 1140. The van der Waals surface area contributed by atoms with E-state index in [0.717, 1.165) is 36.2 Å². The van der Waals surface area contributed by atoms with E-state index < -0.39 is 5.60 Å². The van der Waals surface area contributed by atoms with Crippen LogP contribution in [0.2, 0.25) is 0 Å². The van der Waals surface area contributed by atoms with E-state index in [1.165, 1.54) is 5.56 Å². The lowest BCUT2D eigenvalue weighted by Gasteiger charge is -2.31. The minimum absolute atomic E-state index is 0.0581. The molecule has 1 aliphatic heterocycles. The van der Waals surface area contributed by atoms with E-state index >= 15 is 0 Å². The van der Waals surface area contributed by atoms with Crippen molar-refractivity contribution in [1.82, 2.24) is 10.5 Å². The third-order valence-electron chi connectivity index (χ3n) is 6.56. The molecule has 0 saturated heterocycles. The Labute approximate surface area is 194 Å². The highest BCUT2D eigenvalue weighted by Crippen LogP contribution is 2.44. The van der Waals surface area contributed by atoms with Crippen LogP contribution in [0.1, 0.15) is 62.3 Å². The second-order valence-corrected chi connectivity index (χ2v) is 9.53. The van der Waals surface area contributed by atoms with Crippen LogP contribution < -0.4 is 10.2 Å². The molecule has 7 heteroatoms. The van der Waals surface area contributed by atoms with Gasteiger partial charge in [-0.05, 0) is 61.4 Å². The standard InChI is InChI=1S/C26H33N3O4/c1-6-27-25(31)23-22(17-10-9-16-8-7-11-29(5)20(16)12-17)24(33-28-23)19-13-18(15(2)3)21(30)14-26(19,4)32/h9-10,12-13,15,30,32H,6-8,11,14H2,1-5H3,(H,27,31). The second kappa shape index (κ2) is 8.71. The Morgan fingerprint density at radius 2 is 2.12 bits per heavy atom. The monoisotopic (exact) mass is 451 g/mol. The zero-order valence-corrected chi connectivity index (χ0v) is 20.0. The first-order valence-electron chi connectivity index (χ1n) is 11.6. The summed E-state index contributed by atoms with van der Waals surface area (Å²) in [5.41, 5.74) is 3.81. The molecule has 1 aromatic heterocycles. The molecule has 1 aliphatic carbocycles. The number of carbonyl (C=O) groups excluding carboxylic acids is 1. The van der Waals surface area contributed by atoms with Crippen LogP contribution in [0.3, 0.4) is 0 Å². The molecule has 0 fully saturated rings. The van der Waals surface area contributed by atoms with Crippen molar-refractivity contribution in [3.8, 4) is 11.1 Å². The molecule has 2 aliphatic rings. The molecule has 2 heterocycles. The molecule has 3 N–H and O–H groups in total. The topological polar surface area (TPSA) is 98.8 Å². The highest BCUT2D eigenvalue weighted by Gasteiger charge is 2.39. The first-order chi connectivity index (χ1) is 15.6. The molecule has 0 saturated carbocycles. The number of aryl methyl sites for hydroxylation is 1. The maximum absolute atomic E-state index is 12.9. The second-order valence-electron chi connectivity index (χ2n) is 9.53. The highest BCUT2D eigenvalue weighted by atomic mass is 16.5. The molecule has 1 atom stereocenters. The van der Waals surface area contributed by atoms with Crippen LogP contribution in [-0.2, 0) is 6.42 Å². The lowest BCUT2D eigenvalue weighted by atomic mass is 9.79. The van der Waals surface area contributed by atoms with Gasteiger partial charge in [0.05, 0.1) is 16.9 Å². The van der Waals surface area contributed by atoms with Crippen LogP contribution >= 0.6 is 0 Å². The zero-order valence-electron chi connectivity index (χ0n) is 20.0. The van der Waals surface area contributed by atoms with Gasteiger partial charge in [0.2, 0.25) is 0 Å². The van der Waals surface area contributed by atoms with Gasteiger partial charge in [0.25, 0.3) is 5.91 Å². The summed E-state index contributed by atoms with van der Waals surface area (Å²) in [7, 11) is 2.07. The molecular weight excluding hydrogens is 418 g/mol. The molecule has 0 spiro atoms. The molecule has 1 aromatic carbocycles. The molecule has 4 rings (SSSR count). The van der Waals surface area contributed by atoms with Crippen LogP contribution in [0, 0.1) is 5.92 Å². The number of rotatable bonds is 5. The predicted molar refractivity (Wildman–Crippen MR) is 129 cm³/mol. The number of nitrogens with zero attached hydrogens (tertiary/aromatic N) is 2. The Morgan fingerprint density at radius 3 is 2.82 bits per heavy atom. The van der Waals surface area contributed by atoms with Crippen molar-refractivity contribution in [3.05, 3.63) is 52.6 Å². The molecule has 0 radical (unpaired) electrons. The molecule has 1 amide bonds. The van der Waals surface area contributed by atoms with E-state index in [0.29, 0.717) is 23.4 Å². The summed E-state index contributed by atoms with van der Waals surface area (Å²) in [5.74, 6) is 0.249. The van der Waals surface area contributed by atoms with Crippen LogP contribution in [0.4, 0.5) is 5.69 Å². The van der Waals surface area contributed by atoms with Crippen molar-refractivity contribution in [1.29, 1.82) is 0 Å². The minimum Gasteiger partial charge on any atom is -0.512 e. The summed E-state index contributed by atoms with van der Waals surface area (Å²) in [6, 6.07) is 6.16. The number of hydrogen-bond acceptors (Lipinski definition) is 6. The SMILES string of the molecule is CCNC(=O)c1noc(C2=CC(C(C)C)=C(O)CC2(C)O)c1-c1ccc2c(c1)N(C)CCC2. The smallest absolute Gasteiger partial charge is 0.274 e. The average Bonchev–Trinajstić information content (AvgIpc) is 3.18. The van der Waals surface area contributed by atoms with Crippen LogP contribution in [0.15, 0.2) is 40.1 Å². The molecule has 2 aromatic rings. The van der Waals surface area contributed by atoms with E-state index in [2.05, 4.69) is 34.6 Å². The third kappa shape index (κ3) is 4.17. The Balaban J connectivity index is 1.94. The number of benzene rings is 1. The molecule has 7 nitrogen and oxygen atoms in total. The van der Waals surface area contributed by atoms with Crippen molar-refractivity contribution in [3.63, 3.8) is 0 Å². The third-order valence-corrected chi connectivity index (χ3v) is 6.56. The lowest BCUT2D eigenvalue weighted by molar-refractivity contribution is 0.0947. The number of amides is 1. The summed E-state index contributed by atoms with van der Waals surface area (Å²) in [5, 5.41) is 28.7. The molecular formula is C26H33N3O4. The fraction of sp³-hybridized carbons (Fsp3) is 0.462. The number of fused-ring (bicyclic) bond motifs is 1. The van der Waals surface area contributed by atoms with Crippen molar-refractivity contribution >= 4 is 17.2 Å². The Kier molecular flexibility index (Phi) is 6.10. The predicted octanol–water partition coefficient (Wildman–Crippen LogP) is 4.48. The molecule has 33 heavy (non-hydrogen) atoms. The Morgan fingerprint density at radius 1 is 1.36 bits per heavy atom. The summed E-state index contributed by atoms with van der Waals surface area (Å²) >= 11 is 0. The number of aromatic nitrogens is 1. The van der Waals surface area contributed by atoms with Gasteiger partial charge in [-0.3, -0.25) is 4.79 Å². The van der Waals surface area contributed by atoms with Gasteiger partial charge in [-0.25, -0.2) is 0 Å². The summed E-state index contributed by atoms with van der Waals surface area (Å²) in [4.78, 5) is 15.1. The number of aliphatic hydroxyl groups excluding tert-OH is 1. The number of anilines is 1. The maximum atomic E-state index is 12.9. The summed E-state index contributed by atoms with van der Waals surface area (Å²) in [6.45, 7) is 8.90. The normalized spacial score (nSPS) is 20.7. The first-order valence-corrected chi connectivity index (χ1v) is 11.6. The number of aliphatic hydroxyl groups is 2. The van der Waals surface area contributed by atoms with Crippen LogP contribution in [0.5, 0.6) is 0 Å². The molecule has 0 bridgehead atoms. The van der Waals surface area contributed by atoms with Crippen molar-refractivity contribution < 1.29 is 19.5 Å². The van der Waals surface area contributed by atoms with Crippen molar-refractivity contribution in [2.24, 2.45) is 5.92 Å². The van der Waals surface area contributed by atoms with Crippen LogP contribution in [0.25, 0.3) is 16.7 Å². The van der Waals surface area contributed by atoms with Gasteiger partial charge < -0.3 is 25.0 Å². The zero-order chi connectivity index (χ0) is 23.9. The summed E-state index contributed by atoms with van der Waals surface area (Å²) in [6.07, 6.45) is 3.96. The minimum atomic E-state index is -1.37. The van der Waals surface area contributed by atoms with Gasteiger partial charge in [0.1, 0.15) is 0 Å². The lowest BCUT2D eigenvalue weighted by Crippen LogP contribution is -2.30. The number of nitrogens with one attached hydrogen (secondary N) is 1. The van der Waals surface area contributed by atoms with Gasteiger partial charge in [-0.15, -0.1) is 0 Å². The Hall–Kier alpha value is -3.06. The van der Waals surface area contributed by atoms with Gasteiger partial charge >= 0.3 is 0 Å². The van der Waals surface area contributed by atoms with E-state index in [1.807, 2.05) is 26.8 Å². The van der Waals surface area contributed by atoms with Gasteiger partial charge in [-0.1, -0.05) is 31.1 Å². The number of carbonyl (C=O) groups is 1. The van der Waals surface area contributed by atoms with E-state index in [4.69, 9.17) is 4.52 Å². The van der Waals surface area contributed by atoms with E-state index in [1.54, 1.807) is 13.0 Å². The fourth-order valence-corrected chi connectivity index (χ4v) is 4.78. The number of hydrogen-bond donors (Lipinski definition) is 3. The van der Waals surface area contributed by atoms with Crippen molar-refractivity contribution in [2.45, 2.75) is 52.6 Å². The average molecular weight is 452 g/mol.